The Morgan fingerprint density at radius 1 is 0.900 bits per heavy atom. The summed E-state index contributed by atoms with van der Waals surface area (Å²) in [4.78, 5) is 26.2. The highest BCUT2D eigenvalue weighted by atomic mass is 16.6. The first-order valence-corrected chi connectivity index (χ1v) is 9.96. The summed E-state index contributed by atoms with van der Waals surface area (Å²) >= 11 is 0. The van der Waals surface area contributed by atoms with Crippen LogP contribution in [0.5, 0.6) is 0 Å². The molecule has 4 rings (SSSR count). The summed E-state index contributed by atoms with van der Waals surface area (Å²) < 4.78 is 5.69. The Morgan fingerprint density at radius 3 is 2.10 bits per heavy atom. The van der Waals surface area contributed by atoms with Gasteiger partial charge in [-0.05, 0) is 33.9 Å². The van der Waals surface area contributed by atoms with E-state index in [0.29, 0.717) is 12.1 Å². The minimum Gasteiger partial charge on any atom is -0.448 e. The lowest BCUT2D eigenvalue weighted by Crippen LogP contribution is -2.30. The van der Waals surface area contributed by atoms with E-state index in [1.54, 1.807) is 26.2 Å². The first kappa shape index (κ1) is 19.7. The van der Waals surface area contributed by atoms with Crippen molar-refractivity contribution in [2.24, 2.45) is 0 Å². The SMILES string of the molecule is CNC(=O)c1ccccc1CN(C)C(=O)OCC1c2ccccc2-c2ccccc21. The molecular weight excluding hydrogens is 376 g/mol. The Morgan fingerprint density at radius 2 is 1.47 bits per heavy atom. The fourth-order valence-electron chi connectivity index (χ4n) is 4.04. The predicted molar refractivity (Wildman–Crippen MR) is 116 cm³/mol. The second-order valence-corrected chi connectivity index (χ2v) is 7.40. The number of nitrogens with zero attached hydrogens (tertiary/aromatic N) is 1. The molecule has 1 aliphatic rings. The zero-order chi connectivity index (χ0) is 21.1. The highest BCUT2D eigenvalue weighted by molar-refractivity contribution is 5.95. The van der Waals surface area contributed by atoms with E-state index in [4.69, 9.17) is 4.74 Å². The molecule has 0 heterocycles. The van der Waals surface area contributed by atoms with Gasteiger partial charge in [0.2, 0.25) is 0 Å². The summed E-state index contributed by atoms with van der Waals surface area (Å²) in [5.41, 5.74) is 6.08. The Kier molecular flexibility index (Phi) is 5.53. The molecule has 0 radical (unpaired) electrons. The van der Waals surface area contributed by atoms with Gasteiger partial charge in [0.15, 0.2) is 0 Å². The zero-order valence-electron chi connectivity index (χ0n) is 17.1. The van der Waals surface area contributed by atoms with Crippen LogP contribution >= 0.6 is 0 Å². The number of rotatable bonds is 5. The lowest BCUT2D eigenvalue weighted by molar-refractivity contribution is 0.0954. The monoisotopic (exact) mass is 400 g/mol. The highest BCUT2D eigenvalue weighted by Gasteiger charge is 2.29. The van der Waals surface area contributed by atoms with E-state index in [9.17, 15) is 9.59 Å². The van der Waals surface area contributed by atoms with Gasteiger partial charge in [0.05, 0.1) is 0 Å². The molecule has 0 saturated carbocycles. The molecule has 5 nitrogen and oxygen atoms in total. The number of ether oxygens (including phenoxy) is 1. The Labute approximate surface area is 176 Å². The largest absolute Gasteiger partial charge is 0.448 e. The number of carbonyl (C=O) groups excluding carboxylic acids is 2. The quantitative estimate of drug-likeness (QED) is 0.689. The molecule has 0 aliphatic heterocycles. The molecule has 0 atom stereocenters. The Balaban J connectivity index is 1.46. The molecule has 3 aromatic carbocycles. The Hall–Kier alpha value is -3.60. The zero-order valence-corrected chi connectivity index (χ0v) is 17.1. The average Bonchev–Trinajstić information content (AvgIpc) is 3.11. The second-order valence-electron chi connectivity index (χ2n) is 7.40. The van der Waals surface area contributed by atoms with Gasteiger partial charge in [0, 0.05) is 32.1 Å². The molecule has 0 spiro atoms. The van der Waals surface area contributed by atoms with Crippen molar-refractivity contribution in [1.82, 2.24) is 10.2 Å². The summed E-state index contributed by atoms with van der Waals surface area (Å²) in [7, 11) is 3.27. The maximum atomic E-state index is 12.7. The summed E-state index contributed by atoms with van der Waals surface area (Å²) in [6, 6.07) is 23.8. The van der Waals surface area contributed by atoms with Gasteiger partial charge in [-0.15, -0.1) is 0 Å². The smallest absolute Gasteiger partial charge is 0.409 e. The van der Waals surface area contributed by atoms with Crippen LogP contribution in [0, 0.1) is 0 Å². The molecule has 1 aliphatic carbocycles. The van der Waals surface area contributed by atoms with Gasteiger partial charge in [0.25, 0.3) is 5.91 Å². The topological polar surface area (TPSA) is 58.6 Å². The highest BCUT2D eigenvalue weighted by Crippen LogP contribution is 2.44. The molecular formula is C25H24N2O3. The molecule has 152 valence electrons. The first-order chi connectivity index (χ1) is 14.6. The van der Waals surface area contributed by atoms with E-state index in [1.165, 1.54) is 27.2 Å². The van der Waals surface area contributed by atoms with Crippen molar-refractivity contribution in [3.8, 4) is 11.1 Å². The van der Waals surface area contributed by atoms with Gasteiger partial charge in [-0.2, -0.15) is 0 Å². The second kappa shape index (κ2) is 8.41. The van der Waals surface area contributed by atoms with Crippen LogP contribution in [-0.2, 0) is 11.3 Å². The average molecular weight is 400 g/mol. The molecule has 0 bridgehead atoms. The Bertz CT molecular complexity index is 1050. The molecule has 0 fully saturated rings. The van der Waals surface area contributed by atoms with Crippen LogP contribution in [0.15, 0.2) is 72.8 Å². The van der Waals surface area contributed by atoms with E-state index in [0.717, 1.165) is 5.56 Å². The fraction of sp³-hybridized carbons (Fsp3) is 0.200. The molecule has 5 heteroatoms. The van der Waals surface area contributed by atoms with Gasteiger partial charge < -0.3 is 15.0 Å². The normalized spacial score (nSPS) is 12.1. The van der Waals surface area contributed by atoms with E-state index in [2.05, 4.69) is 29.6 Å². The van der Waals surface area contributed by atoms with E-state index >= 15 is 0 Å². The number of hydrogen-bond donors (Lipinski definition) is 1. The fourth-order valence-corrected chi connectivity index (χ4v) is 4.04. The third kappa shape index (κ3) is 3.66. The number of nitrogens with one attached hydrogen (secondary N) is 1. The van der Waals surface area contributed by atoms with Crippen molar-refractivity contribution in [3.63, 3.8) is 0 Å². The number of benzene rings is 3. The van der Waals surface area contributed by atoms with Crippen molar-refractivity contribution in [3.05, 3.63) is 95.1 Å². The van der Waals surface area contributed by atoms with Crippen molar-refractivity contribution in [2.75, 3.05) is 20.7 Å². The van der Waals surface area contributed by atoms with Crippen LogP contribution < -0.4 is 5.32 Å². The number of hydrogen-bond acceptors (Lipinski definition) is 3. The van der Waals surface area contributed by atoms with Gasteiger partial charge in [0.1, 0.15) is 6.61 Å². The number of carbonyl (C=O) groups is 2. The molecule has 0 aromatic heterocycles. The standard InChI is InChI=1S/C25H24N2O3/c1-26-24(28)18-10-4-3-9-17(18)15-27(2)25(29)30-16-23-21-13-7-5-11-19(21)20-12-6-8-14-22(20)23/h3-14,23H,15-16H2,1-2H3,(H,26,28). The van der Waals surface area contributed by atoms with E-state index in [-0.39, 0.29) is 18.4 Å². The van der Waals surface area contributed by atoms with Gasteiger partial charge in [-0.1, -0.05) is 66.7 Å². The first-order valence-electron chi connectivity index (χ1n) is 9.96. The van der Waals surface area contributed by atoms with Crippen molar-refractivity contribution in [2.45, 2.75) is 12.5 Å². The predicted octanol–water partition coefficient (Wildman–Crippen LogP) is 4.43. The van der Waals surface area contributed by atoms with Crippen molar-refractivity contribution >= 4 is 12.0 Å². The molecule has 30 heavy (non-hydrogen) atoms. The van der Waals surface area contributed by atoms with Crippen LogP contribution in [-0.4, -0.2) is 37.6 Å². The minimum absolute atomic E-state index is 0.0212. The van der Waals surface area contributed by atoms with Crippen LogP contribution in [0.25, 0.3) is 11.1 Å². The maximum Gasteiger partial charge on any atom is 0.409 e. The van der Waals surface area contributed by atoms with Crippen LogP contribution in [0.3, 0.4) is 0 Å². The molecule has 1 N–H and O–H groups in total. The van der Waals surface area contributed by atoms with E-state index in [1.807, 2.05) is 36.4 Å². The minimum atomic E-state index is -0.413. The number of amides is 2. The van der Waals surface area contributed by atoms with Gasteiger partial charge >= 0.3 is 6.09 Å². The summed E-state index contributed by atoms with van der Waals surface area (Å²) in [5.74, 6) is -0.153. The summed E-state index contributed by atoms with van der Waals surface area (Å²) in [6.07, 6.45) is -0.413. The van der Waals surface area contributed by atoms with Crippen molar-refractivity contribution in [1.29, 1.82) is 0 Å². The van der Waals surface area contributed by atoms with Gasteiger partial charge in [-0.3, -0.25) is 4.79 Å². The lowest BCUT2D eigenvalue weighted by Gasteiger charge is -2.20. The van der Waals surface area contributed by atoms with Gasteiger partial charge in [-0.25, -0.2) is 4.79 Å². The maximum absolute atomic E-state index is 12.7. The molecule has 3 aromatic rings. The van der Waals surface area contributed by atoms with Crippen molar-refractivity contribution < 1.29 is 14.3 Å². The summed E-state index contributed by atoms with van der Waals surface area (Å²) in [5, 5.41) is 2.63. The molecule has 2 amide bonds. The lowest BCUT2D eigenvalue weighted by atomic mass is 9.98. The van der Waals surface area contributed by atoms with Crippen LogP contribution in [0.1, 0.15) is 33.0 Å². The molecule has 0 unspecified atom stereocenters. The number of fused-ring (bicyclic) bond motifs is 3. The van der Waals surface area contributed by atoms with E-state index < -0.39 is 6.09 Å². The van der Waals surface area contributed by atoms with Crippen LogP contribution in [0.2, 0.25) is 0 Å². The summed E-state index contributed by atoms with van der Waals surface area (Å²) in [6.45, 7) is 0.564. The third-order valence-electron chi connectivity index (χ3n) is 5.54. The third-order valence-corrected chi connectivity index (χ3v) is 5.54. The van der Waals surface area contributed by atoms with Crippen LogP contribution in [0.4, 0.5) is 4.79 Å². The molecule has 0 saturated heterocycles.